The molecule has 0 aliphatic rings. The molecule has 1 N–H and O–H groups in total. The topological polar surface area (TPSA) is 29.1 Å². The molecule has 2 heteroatoms. The lowest BCUT2D eigenvalue weighted by molar-refractivity contribution is -0.114. The fourth-order valence-corrected chi connectivity index (χ4v) is 1.56. The Balaban J connectivity index is 2.75. The summed E-state index contributed by atoms with van der Waals surface area (Å²) in [7, 11) is 0. The Kier molecular flexibility index (Phi) is 4.11. The van der Waals surface area contributed by atoms with E-state index in [0.717, 1.165) is 18.5 Å². The number of hydrogen-bond donors (Lipinski definition) is 1. The second-order valence-electron chi connectivity index (χ2n) is 5.40. The fourth-order valence-electron chi connectivity index (χ4n) is 1.56. The number of amides is 1. The van der Waals surface area contributed by atoms with Crippen LogP contribution in [-0.4, -0.2) is 5.91 Å². The zero-order valence-electron chi connectivity index (χ0n) is 10.6. The Morgan fingerprint density at radius 2 is 1.88 bits per heavy atom. The highest BCUT2D eigenvalue weighted by Gasteiger charge is 2.11. The smallest absolute Gasteiger partial charge is 0.221 e. The Labute approximate surface area is 98.1 Å². The Morgan fingerprint density at radius 3 is 2.44 bits per heavy atom. The van der Waals surface area contributed by atoms with Crippen LogP contribution in [0.3, 0.4) is 0 Å². The van der Waals surface area contributed by atoms with E-state index in [2.05, 4.69) is 32.2 Å². The van der Waals surface area contributed by atoms with Crippen molar-refractivity contribution in [1.29, 1.82) is 0 Å². The molecule has 1 aromatic carbocycles. The van der Waals surface area contributed by atoms with Crippen LogP contribution < -0.4 is 5.32 Å². The van der Waals surface area contributed by atoms with Gasteiger partial charge in [0.25, 0.3) is 0 Å². The fraction of sp³-hybridized carbons (Fsp3) is 0.500. The molecule has 0 bridgehead atoms. The average Bonchev–Trinajstić information content (AvgIpc) is 2.14. The number of aryl methyl sites for hydroxylation is 1. The van der Waals surface area contributed by atoms with Crippen LogP contribution in [0.5, 0.6) is 0 Å². The van der Waals surface area contributed by atoms with Crippen molar-refractivity contribution in [1.82, 2.24) is 0 Å². The van der Waals surface area contributed by atoms with E-state index in [9.17, 15) is 4.79 Å². The molecule has 0 saturated carbocycles. The van der Waals surface area contributed by atoms with Gasteiger partial charge in [0, 0.05) is 12.6 Å². The zero-order valence-corrected chi connectivity index (χ0v) is 10.6. The average molecular weight is 219 g/mol. The van der Waals surface area contributed by atoms with Crippen molar-refractivity contribution in [2.24, 2.45) is 5.41 Å². The van der Waals surface area contributed by atoms with Crippen molar-refractivity contribution < 1.29 is 4.79 Å². The second-order valence-corrected chi connectivity index (χ2v) is 5.40. The molecule has 0 saturated heterocycles. The largest absolute Gasteiger partial charge is 0.326 e. The van der Waals surface area contributed by atoms with Crippen LogP contribution in [0.2, 0.25) is 0 Å². The van der Waals surface area contributed by atoms with Gasteiger partial charge in [-0.05, 0) is 29.9 Å². The van der Waals surface area contributed by atoms with Gasteiger partial charge in [-0.3, -0.25) is 4.79 Å². The lowest BCUT2D eigenvalue weighted by Crippen LogP contribution is -2.10. The summed E-state index contributed by atoms with van der Waals surface area (Å²) < 4.78 is 0. The highest BCUT2D eigenvalue weighted by atomic mass is 16.1. The maximum absolute atomic E-state index is 11.1. The summed E-state index contributed by atoms with van der Waals surface area (Å²) in [6.45, 7) is 8.23. The third-order valence-corrected chi connectivity index (χ3v) is 2.47. The highest BCUT2D eigenvalue weighted by Crippen LogP contribution is 2.24. The van der Waals surface area contributed by atoms with Gasteiger partial charge in [0.15, 0.2) is 0 Å². The van der Waals surface area contributed by atoms with E-state index in [1.165, 1.54) is 5.56 Å². The minimum Gasteiger partial charge on any atom is -0.326 e. The van der Waals surface area contributed by atoms with Crippen molar-refractivity contribution in [2.75, 3.05) is 5.32 Å². The van der Waals surface area contributed by atoms with Crippen LogP contribution >= 0.6 is 0 Å². The van der Waals surface area contributed by atoms with Crippen LogP contribution in [0.4, 0.5) is 5.69 Å². The first-order valence-electron chi connectivity index (χ1n) is 5.74. The first-order chi connectivity index (χ1) is 7.38. The molecule has 0 spiro atoms. The minimum atomic E-state index is -0.0109. The van der Waals surface area contributed by atoms with Crippen molar-refractivity contribution in [2.45, 2.75) is 40.5 Å². The quantitative estimate of drug-likeness (QED) is 0.826. The number of rotatable bonds is 3. The van der Waals surface area contributed by atoms with Gasteiger partial charge in [-0.2, -0.15) is 0 Å². The molecular weight excluding hydrogens is 198 g/mol. The summed E-state index contributed by atoms with van der Waals surface area (Å²) in [6.07, 6.45) is 2.11. The molecule has 16 heavy (non-hydrogen) atoms. The Hall–Kier alpha value is -1.31. The number of carbonyl (C=O) groups excluding carboxylic acids is 1. The van der Waals surface area contributed by atoms with Crippen molar-refractivity contribution in [3.05, 3.63) is 29.8 Å². The molecule has 0 radical (unpaired) electrons. The molecule has 0 aliphatic heterocycles. The maximum atomic E-state index is 11.1. The van der Waals surface area contributed by atoms with E-state index in [0.29, 0.717) is 5.41 Å². The summed E-state index contributed by atoms with van der Waals surface area (Å²) in [5.74, 6) is -0.0109. The van der Waals surface area contributed by atoms with Gasteiger partial charge in [-0.1, -0.05) is 39.0 Å². The molecule has 0 heterocycles. The zero-order chi connectivity index (χ0) is 12.2. The van der Waals surface area contributed by atoms with E-state index in [4.69, 9.17) is 0 Å². The van der Waals surface area contributed by atoms with Crippen molar-refractivity contribution >= 4 is 11.6 Å². The van der Waals surface area contributed by atoms with E-state index in [1.54, 1.807) is 6.92 Å². The molecule has 2 nitrogen and oxygen atoms in total. The summed E-state index contributed by atoms with van der Waals surface area (Å²) in [4.78, 5) is 11.1. The SMILES string of the molecule is CC(=O)Nc1ccccc1CCC(C)(C)C. The normalized spacial score (nSPS) is 11.2. The second kappa shape index (κ2) is 5.15. The van der Waals surface area contributed by atoms with Gasteiger partial charge in [0.05, 0.1) is 0 Å². The van der Waals surface area contributed by atoms with Crippen LogP contribution in [0.1, 0.15) is 39.7 Å². The van der Waals surface area contributed by atoms with Gasteiger partial charge in [0.1, 0.15) is 0 Å². The lowest BCUT2D eigenvalue weighted by Gasteiger charge is -2.19. The van der Waals surface area contributed by atoms with Crippen molar-refractivity contribution in [3.8, 4) is 0 Å². The first kappa shape index (κ1) is 12.8. The molecule has 1 rings (SSSR count). The van der Waals surface area contributed by atoms with Gasteiger partial charge in [0.2, 0.25) is 5.91 Å². The van der Waals surface area contributed by atoms with Crippen LogP contribution in [-0.2, 0) is 11.2 Å². The lowest BCUT2D eigenvalue weighted by atomic mass is 9.88. The number of anilines is 1. The van der Waals surface area contributed by atoms with Crippen LogP contribution in [0.25, 0.3) is 0 Å². The molecule has 1 aromatic rings. The van der Waals surface area contributed by atoms with Crippen LogP contribution in [0.15, 0.2) is 24.3 Å². The number of benzene rings is 1. The van der Waals surface area contributed by atoms with E-state index in [-0.39, 0.29) is 5.91 Å². The highest BCUT2D eigenvalue weighted by molar-refractivity contribution is 5.89. The monoisotopic (exact) mass is 219 g/mol. The van der Waals surface area contributed by atoms with Gasteiger partial charge in [-0.15, -0.1) is 0 Å². The molecule has 0 unspecified atom stereocenters. The van der Waals surface area contributed by atoms with Crippen LogP contribution in [0, 0.1) is 5.41 Å². The first-order valence-corrected chi connectivity index (χ1v) is 5.74. The summed E-state index contributed by atoms with van der Waals surface area (Å²) in [5, 5.41) is 2.87. The number of nitrogens with one attached hydrogen (secondary N) is 1. The maximum Gasteiger partial charge on any atom is 0.221 e. The molecule has 0 atom stereocenters. The van der Waals surface area contributed by atoms with E-state index >= 15 is 0 Å². The predicted octanol–water partition coefficient (Wildman–Crippen LogP) is 3.62. The van der Waals surface area contributed by atoms with Crippen molar-refractivity contribution in [3.63, 3.8) is 0 Å². The molecule has 0 aromatic heterocycles. The van der Waals surface area contributed by atoms with Gasteiger partial charge >= 0.3 is 0 Å². The summed E-state index contributed by atoms with van der Waals surface area (Å²) >= 11 is 0. The summed E-state index contributed by atoms with van der Waals surface area (Å²) in [6, 6.07) is 8.01. The molecular formula is C14H21NO. The van der Waals surface area contributed by atoms with E-state index < -0.39 is 0 Å². The van der Waals surface area contributed by atoms with Gasteiger partial charge in [-0.25, -0.2) is 0 Å². The molecule has 1 amide bonds. The standard InChI is InChI=1S/C14H21NO/c1-11(16)15-13-8-6-5-7-12(13)9-10-14(2,3)4/h5-8H,9-10H2,1-4H3,(H,15,16). The van der Waals surface area contributed by atoms with Gasteiger partial charge < -0.3 is 5.32 Å². The Morgan fingerprint density at radius 1 is 1.25 bits per heavy atom. The molecule has 0 aliphatic carbocycles. The molecule has 0 fully saturated rings. The number of carbonyl (C=O) groups is 1. The number of para-hydroxylation sites is 1. The third-order valence-electron chi connectivity index (χ3n) is 2.47. The number of hydrogen-bond acceptors (Lipinski definition) is 1. The Bertz CT molecular complexity index is 363. The van der Waals surface area contributed by atoms with E-state index in [1.807, 2.05) is 18.2 Å². The molecule has 88 valence electrons. The minimum absolute atomic E-state index is 0.0109. The summed E-state index contributed by atoms with van der Waals surface area (Å²) in [5.41, 5.74) is 2.48. The predicted molar refractivity (Wildman–Crippen MR) is 68.5 cm³/mol. The third kappa shape index (κ3) is 4.47.